The van der Waals surface area contributed by atoms with Crippen molar-refractivity contribution in [3.05, 3.63) is 67.3 Å². The monoisotopic (exact) mass is 827 g/mol. The van der Waals surface area contributed by atoms with Crippen molar-refractivity contribution in [1.29, 1.82) is 0 Å². The summed E-state index contributed by atoms with van der Waals surface area (Å²) >= 11 is 0. The van der Waals surface area contributed by atoms with Crippen LogP contribution in [0.5, 0.6) is 11.5 Å². The Hall–Kier alpha value is -4.98. The van der Waals surface area contributed by atoms with Crippen molar-refractivity contribution in [3.8, 4) is 22.8 Å². The molecule has 4 amide bonds. The maximum absolute atomic E-state index is 14.9. The molecule has 59 heavy (non-hydrogen) atoms. The summed E-state index contributed by atoms with van der Waals surface area (Å²) in [6.07, 6.45) is 6.45. The summed E-state index contributed by atoms with van der Waals surface area (Å²) in [6, 6.07) is 15.9. The number of benzene rings is 2. The van der Waals surface area contributed by atoms with E-state index in [-0.39, 0.29) is 37.6 Å². The molecule has 2 aliphatic carbocycles. The Morgan fingerprint density at radius 2 is 1.71 bits per heavy atom. The Kier molecular flexibility index (Phi) is 12.1. The number of fused-ring (bicyclic) bond motifs is 1. The van der Waals surface area contributed by atoms with Gasteiger partial charge in [-0.15, -0.1) is 6.58 Å². The van der Waals surface area contributed by atoms with Gasteiger partial charge in [-0.3, -0.25) is 23.9 Å². The molecule has 3 aromatic rings. The van der Waals surface area contributed by atoms with Gasteiger partial charge in [-0.25, -0.2) is 13.4 Å². The van der Waals surface area contributed by atoms with Gasteiger partial charge >= 0.3 is 0 Å². The average molecular weight is 828 g/mol. The first-order valence-electron chi connectivity index (χ1n) is 20.9. The average Bonchev–Trinajstić information content (AvgIpc) is 3.51. The van der Waals surface area contributed by atoms with E-state index in [0.29, 0.717) is 54.0 Å². The first-order valence-corrected chi connectivity index (χ1v) is 22.5. The summed E-state index contributed by atoms with van der Waals surface area (Å²) in [4.78, 5) is 65.4. The lowest BCUT2D eigenvalue weighted by Crippen LogP contribution is -2.57. The van der Waals surface area contributed by atoms with E-state index < -0.39 is 62.0 Å². The minimum atomic E-state index is -3.97. The van der Waals surface area contributed by atoms with Crippen LogP contribution in [0.25, 0.3) is 22.2 Å². The van der Waals surface area contributed by atoms with E-state index in [1.54, 1.807) is 13.2 Å². The normalized spacial score (nSPS) is 24.0. The highest BCUT2D eigenvalue weighted by atomic mass is 32.2. The molecule has 5 atom stereocenters. The first kappa shape index (κ1) is 42.2. The minimum Gasteiger partial charge on any atom is -0.497 e. The van der Waals surface area contributed by atoms with Gasteiger partial charge in [0, 0.05) is 54.9 Å². The molecule has 0 spiro atoms. The number of pyridine rings is 1. The van der Waals surface area contributed by atoms with E-state index in [9.17, 15) is 27.6 Å². The van der Waals surface area contributed by atoms with Crippen molar-refractivity contribution >= 4 is 44.6 Å². The summed E-state index contributed by atoms with van der Waals surface area (Å²) in [5.41, 5.74) is -0.0247. The summed E-state index contributed by atoms with van der Waals surface area (Å²) < 4.78 is 41.1. The fourth-order valence-corrected chi connectivity index (χ4v) is 10.5. The molecule has 1 aromatic heterocycles. The quantitative estimate of drug-likeness (QED) is 0.204. The van der Waals surface area contributed by atoms with Crippen LogP contribution in [0.2, 0.25) is 0 Å². The van der Waals surface area contributed by atoms with Crippen molar-refractivity contribution in [1.82, 2.24) is 24.8 Å². The van der Waals surface area contributed by atoms with Gasteiger partial charge in [0.05, 0.1) is 36.0 Å². The number of methoxy groups -OCH3 is 1. The fraction of sp³-hybridized carbons (Fsp3) is 0.533. The topological polar surface area (TPSA) is 164 Å². The van der Waals surface area contributed by atoms with Crippen LogP contribution in [-0.4, -0.2) is 96.5 Å². The van der Waals surface area contributed by atoms with Crippen LogP contribution in [-0.2, 0) is 29.2 Å². The predicted octanol–water partition coefficient (Wildman–Crippen LogP) is 5.77. The zero-order valence-corrected chi connectivity index (χ0v) is 35.4. The van der Waals surface area contributed by atoms with Crippen LogP contribution >= 0.6 is 0 Å². The lowest BCUT2D eigenvalue weighted by molar-refractivity contribution is -0.148. The van der Waals surface area contributed by atoms with Crippen molar-refractivity contribution in [2.24, 2.45) is 17.3 Å². The Morgan fingerprint density at radius 3 is 2.36 bits per heavy atom. The van der Waals surface area contributed by atoms with E-state index >= 15 is 0 Å². The van der Waals surface area contributed by atoms with Crippen LogP contribution < -0.4 is 19.5 Å². The Morgan fingerprint density at radius 1 is 1.00 bits per heavy atom. The molecule has 0 bridgehead atoms. The molecule has 2 N–H and O–H groups in total. The number of hydrogen-bond acceptors (Lipinski definition) is 9. The van der Waals surface area contributed by atoms with Gasteiger partial charge in [0.25, 0.3) is 5.91 Å². The second kappa shape index (κ2) is 16.9. The minimum absolute atomic E-state index is 0.0140. The highest BCUT2D eigenvalue weighted by Gasteiger charge is 2.62. The number of carbonyl (C=O) groups is 4. The van der Waals surface area contributed by atoms with E-state index in [1.807, 2.05) is 80.3 Å². The number of sulfonamides is 1. The maximum Gasteiger partial charge on any atom is 0.259 e. The fourth-order valence-electron chi connectivity index (χ4n) is 8.96. The van der Waals surface area contributed by atoms with Crippen molar-refractivity contribution in [2.75, 3.05) is 26.7 Å². The number of ether oxygens (including phenoxy) is 2. The van der Waals surface area contributed by atoms with Gasteiger partial charge < -0.3 is 24.6 Å². The lowest BCUT2D eigenvalue weighted by Gasteiger charge is -2.36. The maximum atomic E-state index is 14.9. The molecule has 2 saturated heterocycles. The molecule has 13 nitrogen and oxygen atoms in total. The number of piperidine rings is 1. The van der Waals surface area contributed by atoms with Crippen LogP contribution in [0.15, 0.2) is 67.3 Å². The number of aromatic nitrogens is 1. The lowest BCUT2D eigenvalue weighted by atomic mass is 9.77. The number of likely N-dealkylation sites (tertiary alicyclic amines) is 2. The highest BCUT2D eigenvalue weighted by molar-refractivity contribution is 7.90. The Labute approximate surface area is 347 Å². The van der Waals surface area contributed by atoms with E-state index in [2.05, 4.69) is 16.6 Å². The molecule has 2 aliphatic heterocycles. The summed E-state index contributed by atoms with van der Waals surface area (Å²) in [7, 11) is -2.39. The largest absolute Gasteiger partial charge is 0.497 e. The Bertz CT molecular complexity index is 2200. The van der Waals surface area contributed by atoms with Crippen molar-refractivity contribution < 1.29 is 37.1 Å². The zero-order valence-electron chi connectivity index (χ0n) is 34.6. The third-order valence-electron chi connectivity index (χ3n) is 12.6. The van der Waals surface area contributed by atoms with Gasteiger partial charge in [-0.1, -0.05) is 70.0 Å². The number of rotatable bonds is 13. The molecule has 4 aliphatic rings. The number of hydrogen-bond donors (Lipinski definition) is 2. The van der Waals surface area contributed by atoms with Crippen LogP contribution in [0.1, 0.15) is 85.0 Å². The molecular weight excluding hydrogens is 771 g/mol. The second-order valence-corrected chi connectivity index (χ2v) is 19.7. The summed E-state index contributed by atoms with van der Waals surface area (Å²) in [6.45, 7) is 10.9. The summed E-state index contributed by atoms with van der Waals surface area (Å²) in [5.74, 6) is -2.01. The van der Waals surface area contributed by atoms with Gasteiger partial charge in [-0.05, 0) is 56.1 Å². The van der Waals surface area contributed by atoms with Gasteiger partial charge in [0.2, 0.25) is 27.7 Å². The SMILES string of the molecule is C=C[C@H]1C[C@]1(NC(=O)[C@@H]1C[C@@H](Oc2cc(-c3ccccc3)nc3cc(OC)ccc23)CN1C(=O)[C@@H](CC(=O)N1CCCCC1)C(C)(C)C)C(=O)NS(=O)(=O)C1CCCC1. The standard InChI is InChI=1S/C45H57N5O8S/c1-6-30-27-45(30,43(54)48-59(55,56)33-17-11-12-18-33)47-41(52)38-24-32(28-50(38)42(53)35(44(2,3)4)25-40(51)49-21-13-8-14-22-49)58-39-26-36(29-15-9-7-10-16-29)46-37-23-31(57-5)19-20-34(37)39/h6-7,9-10,15-16,19-20,23,26,30,32-33,35,38H,1,8,11-14,17-18,21-22,24-25,27-28H2,2-5H3,(H,47,52)(H,48,54)/t30-,32+,35+,38-,45+/m0/s1. The second-order valence-electron chi connectivity index (χ2n) is 17.7. The molecule has 0 radical (unpaired) electrons. The molecule has 3 heterocycles. The molecular formula is C45H57N5O8S. The molecule has 2 aromatic carbocycles. The molecule has 0 unspecified atom stereocenters. The van der Waals surface area contributed by atoms with Crippen LogP contribution in [0.4, 0.5) is 0 Å². The van der Waals surface area contributed by atoms with E-state index in [1.165, 1.54) is 4.90 Å². The number of nitrogens with one attached hydrogen (secondary N) is 2. The summed E-state index contributed by atoms with van der Waals surface area (Å²) in [5, 5.41) is 2.94. The predicted molar refractivity (Wildman–Crippen MR) is 225 cm³/mol. The molecule has 2 saturated carbocycles. The van der Waals surface area contributed by atoms with Crippen LogP contribution in [0, 0.1) is 17.3 Å². The number of amides is 4. The van der Waals surface area contributed by atoms with Crippen molar-refractivity contribution in [2.45, 2.75) is 108 Å². The van der Waals surface area contributed by atoms with Crippen LogP contribution in [0.3, 0.4) is 0 Å². The third kappa shape index (κ3) is 8.97. The number of nitrogens with zero attached hydrogens (tertiary/aromatic N) is 3. The van der Waals surface area contributed by atoms with Gasteiger partial charge in [0.1, 0.15) is 29.2 Å². The van der Waals surface area contributed by atoms with Crippen molar-refractivity contribution in [3.63, 3.8) is 0 Å². The highest BCUT2D eigenvalue weighted by Crippen LogP contribution is 2.46. The molecule has 4 fully saturated rings. The number of carbonyl (C=O) groups excluding carboxylic acids is 4. The molecule has 316 valence electrons. The smallest absolute Gasteiger partial charge is 0.259 e. The first-order chi connectivity index (χ1) is 28.1. The molecule has 14 heteroatoms. The van der Waals surface area contributed by atoms with Gasteiger partial charge in [0.15, 0.2) is 0 Å². The zero-order chi connectivity index (χ0) is 42.1. The van der Waals surface area contributed by atoms with Gasteiger partial charge in [-0.2, -0.15) is 0 Å². The van der Waals surface area contributed by atoms with E-state index in [0.717, 1.165) is 37.7 Å². The Balaban J connectivity index is 1.21. The molecule has 7 rings (SSSR count). The van der Waals surface area contributed by atoms with E-state index in [4.69, 9.17) is 14.5 Å². The third-order valence-corrected chi connectivity index (χ3v) is 14.5.